The SMILES string of the molecule is c1ccc(-c2ccc3[nH]nc(-c4cc5c(-c6cccnc6)nccc5[nH]4)c3n2)nc1. The van der Waals surface area contributed by atoms with E-state index in [-0.39, 0.29) is 0 Å². The summed E-state index contributed by atoms with van der Waals surface area (Å²) in [6.45, 7) is 0. The van der Waals surface area contributed by atoms with Crippen molar-refractivity contribution in [1.29, 1.82) is 0 Å². The first kappa shape index (κ1) is 16.6. The average Bonchev–Trinajstić information content (AvgIpc) is 3.43. The van der Waals surface area contributed by atoms with Crippen LogP contribution < -0.4 is 0 Å². The maximum Gasteiger partial charge on any atom is 0.135 e. The third kappa shape index (κ3) is 2.64. The number of hydrogen-bond acceptors (Lipinski definition) is 5. The fourth-order valence-corrected chi connectivity index (χ4v) is 3.66. The lowest BCUT2D eigenvalue weighted by atomic mass is 10.1. The van der Waals surface area contributed by atoms with Gasteiger partial charge in [-0.05, 0) is 48.5 Å². The Morgan fingerprint density at radius 1 is 0.733 bits per heavy atom. The first-order valence-electron chi connectivity index (χ1n) is 9.52. The van der Waals surface area contributed by atoms with Gasteiger partial charge >= 0.3 is 0 Å². The van der Waals surface area contributed by atoms with Gasteiger partial charge in [0.1, 0.15) is 11.2 Å². The molecule has 6 rings (SSSR count). The zero-order valence-corrected chi connectivity index (χ0v) is 15.7. The lowest BCUT2D eigenvalue weighted by Crippen LogP contribution is -1.87. The molecule has 2 N–H and O–H groups in total. The van der Waals surface area contributed by atoms with E-state index in [2.05, 4.69) is 36.2 Å². The van der Waals surface area contributed by atoms with Crippen molar-refractivity contribution in [2.24, 2.45) is 0 Å². The average molecular weight is 389 g/mol. The second-order valence-electron chi connectivity index (χ2n) is 6.93. The minimum absolute atomic E-state index is 0.760. The Balaban J connectivity index is 1.52. The number of aromatic amines is 2. The minimum atomic E-state index is 0.760. The summed E-state index contributed by atoms with van der Waals surface area (Å²) in [4.78, 5) is 21.5. The molecule has 6 heterocycles. The fraction of sp³-hybridized carbons (Fsp3) is 0. The monoisotopic (exact) mass is 389 g/mol. The van der Waals surface area contributed by atoms with E-state index in [1.165, 1.54) is 0 Å². The molecular formula is C23H15N7. The van der Waals surface area contributed by atoms with Gasteiger partial charge in [-0.1, -0.05) is 6.07 Å². The first-order chi connectivity index (χ1) is 14.9. The molecule has 0 amide bonds. The molecule has 6 aromatic heterocycles. The number of fused-ring (bicyclic) bond motifs is 2. The van der Waals surface area contributed by atoms with Gasteiger partial charge in [0, 0.05) is 41.3 Å². The lowest BCUT2D eigenvalue weighted by molar-refractivity contribution is 1.12. The molecule has 0 atom stereocenters. The molecule has 30 heavy (non-hydrogen) atoms. The van der Waals surface area contributed by atoms with E-state index in [0.717, 1.165) is 56.0 Å². The third-order valence-corrected chi connectivity index (χ3v) is 5.07. The summed E-state index contributed by atoms with van der Waals surface area (Å²) >= 11 is 0. The van der Waals surface area contributed by atoms with Crippen LogP contribution in [0.2, 0.25) is 0 Å². The smallest absolute Gasteiger partial charge is 0.135 e. The third-order valence-electron chi connectivity index (χ3n) is 5.07. The van der Waals surface area contributed by atoms with E-state index in [9.17, 15) is 0 Å². The number of hydrogen-bond donors (Lipinski definition) is 2. The van der Waals surface area contributed by atoms with Crippen LogP contribution in [0.15, 0.2) is 79.4 Å². The number of aromatic nitrogens is 7. The highest BCUT2D eigenvalue weighted by Gasteiger charge is 2.16. The maximum atomic E-state index is 4.83. The standard InChI is InChI=1S/C23H15N7/c1-2-10-25-17(5-1)18-6-7-19-22(28-18)23(30-29-19)20-12-15-16(27-20)8-11-26-21(15)14-4-3-9-24-13-14/h1-13,27H,(H,29,30). The van der Waals surface area contributed by atoms with Crippen LogP contribution in [0.25, 0.3) is 56.0 Å². The van der Waals surface area contributed by atoms with Crippen molar-refractivity contribution in [2.75, 3.05) is 0 Å². The molecule has 0 radical (unpaired) electrons. The quantitative estimate of drug-likeness (QED) is 0.460. The summed E-state index contributed by atoms with van der Waals surface area (Å²) in [6, 6.07) is 17.7. The van der Waals surface area contributed by atoms with Crippen LogP contribution in [-0.4, -0.2) is 35.1 Å². The molecule has 0 saturated heterocycles. The largest absolute Gasteiger partial charge is 0.353 e. The van der Waals surface area contributed by atoms with Gasteiger partial charge in [0.05, 0.1) is 28.3 Å². The Kier molecular flexibility index (Phi) is 3.64. The number of nitrogens with zero attached hydrogens (tertiary/aromatic N) is 5. The zero-order valence-electron chi connectivity index (χ0n) is 15.7. The topological polar surface area (TPSA) is 96.0 Å². The van der Waals surface area contributed by atoms with Crippen molar-refractivity contribution in [2.45, 2.75) is 0 Å². The van der Waals surface area contributed by atoms with E-state index in [0.29, 0.717) is 0 Å². The molecule has 0 fully saturated rings. The van der Waals surface area contributed by atoms with Gasteiger partial charge in [-0.2, -0.15) is 5.10 Å². The molecule has 7 nitrogen and oxygen atoms in total. The van der Waals surface area contributed by atoms with Crippen molar-refractivity contribution in [3.63, 3.8) is 0 Å². The van der Waals surface area contributed by atoms with Crippen molar-refractivity contribution < 1.29 is 0 Å². The van der Waals surface area contributed by atoms with E-state index < -0.39 is 0 Å². The highest BCUT2D eigenvalue weighted by Crippen LogP contribution is 2.32. The van der Waals surface area contributed by atoms with Crippen LogP contribution in [-0.2, 0) is 0 Å². The normalized spacial score (nSPS) is 11.3. The molecule has 0 aliphatic heterocycles. The van der Waals surface area contributed by atoms with Gasteiger partial charge in [0.25, 0.3) is 0 Å². The second kappa shape index (κ2) is 6.59. The fourth-order valence-electron chi connectivity index (χ4n) is 3.66. The maximum absolute atomic E-state index is 4.83. The molecule has 0 aliphatic carbocycles. The van der Waals surface area contributed by atoms with Gasteiger partial charge in [0.15, 0.2) is 0 Å². The molecule has 0 aromatic carbocycles. The van der Waals surface area contributed by atoms with Gasteiger partial charge in [0.2, 0.25) is 0 Å². The van der Waals surface area contributed by atoms with Gasteiger partial charge < -0.3 is 4.98 Å². The van der Waals surface area contributed by atoms with Gasteiger partial charge in [-0.15, -0.1) is 0 Å². The second-order valence-corrected chi connectivity index (χ2v) is 6.93. The summed E-state index contributed by atoms with van der Waals surface area (Å²) in [5.74, 6) is 0. The Morgan fingerprint density at radius 3 is 2.60 bits per heavy atom. The van der Waals surface area contributed by atoms with Gasteiger partial charge in [-0.25, -0.2) is 4.98 Å². The summed E-state index contributed by atoms with van der Waals surface area (Å²) in [6.07, 6.45) is 7.14. The highest BCUT2D eigenvalue weighted by atomic mass is 15.1. The molecule has 7 heteroatoms. The summed E-state index contributed by atoms with van der Waals surface area (Å²) in [5, 5.41) is 8.62. The van der Waals surface area contributed by atoms with Crippen LogP contribution >= 0.6 is 0 Å². The predicted molar refractivity (Wildman–Crippen MR) is 115 cm³/mol. The molecule has 0 spiro atoms. The van der Waals surface area contributed by atoms with Gasteiger partial charge in [-0.3, -0.25) is 20.1 Å². The molecule has 0 aliphatic rings. The van der Waals surface area contributed by atoms with E-state index >= 15 is 0 Å². The van der Waals surface area contributed by atoms with Crippen molar-refractivity contribution in [3.05, 3.63) is 79.4 Å². The van der Waals surface area contributed by atoms with Crippen LogP contribution in [0.4, 0.5) is 0 Å². The van der Waals surface area contributed by atoms with Crippen LogP contribution in [0.5, 0.6) is 0 Å². The molecular weight excluding hydrogens is 374 g/mol. The molecule has 0 unspecified atom stereocenters. The van der Waals surface area contributed by atoms with Crippen molar-refractivity contribution in [1.82, 2.24) is 35.1 Å². The zero-order chi connectivity index (χ0) is 19.9. The van der Waals surface area contributed by atoms with Crippen LogP contribution in [0.3, 0.4) is 0 Å². The van der Waals surface area contributed by atoms with Crippen molar-refractivity contribution >= 4 is 21.9 Å². The molecule has 6 aromatic rings. The predicted octanol–water partition coefficient (Wildman–Crippen LogP) is 4.63. The van der Waals surface area contributed by atoms with Crippen LogP contribution in [0, 0.1) is 0 Å². The molecule has 0 bridgehead atoms. The Bertz CT molecular complexity index is 1480. The van der Waals surface area contributed by atoms with Crippen LogP contribution in [0.1, 0.15) is 0 Å². The minimum Gasteiger partial charge on any atom is -0.353 e. The van der Waals surface area contributed by atoms with Crippen molar-refractivity contribution in [3.8, 4) is 34.0 Å². The van der Waals surface area contributed by atoms with E-state index in [1.54, 1.807) is 18.6 Å². The Labute approximate surface area is 170 Å². The summed E-state index contributed by atoms with van der Waals surface area (Å²) in [7, 11) is 0. The lowest BCUT2D eigenvalue weighted by Gasteiger charge is -2.00. The van der Waals surface area contributed by atoms with E-state index in [1.807, 2.05) is 54.7 Å². The number of pyridine rings is 4. The molecule has 0 saturated carbocycles. The Hall–Kier alpha value is -4.39. The Morgan fingerprint density at radius 2 is 1.73 bits per heavy atom. The number of H-pyrrole nitrogens is 2. The number of rotatable bonds is 3. The highest BCUT2D eigenvalue weighted by molar-refractivity contribution is 5.99. The summed E-state index contributed by atoms with van der Waals surface area (Å²) in [5.41, 5.74) is 7.76. The molecule has 142 valence electrons. The first-order valence-corrected chi connectivity index (χ1v) is 9.52. The number of nitrogens with one attached hydrogen (secondary N) is 2. The summed E-state index contributed by atoms with van der Waals surface area (Å²) < 4.78 is 0. The van der Waals surface area contributed by atoms with E-state index in [4.69, 9.17) is 4.98 Å².